The zero-order valence-electron chi connectivity index (χ0n) is 12.8. The second kappa shape index (κ2) is 7.16. The van der Waals surface area contributed by atoms with Gasteiger partial charge in [0.05, 0.1) is 11.3 Å². The van der Waals surface area contributed by atoms with Crippen LogP contribution in [0, 0.1) is 0 Å². The monoisotopic (exact) mass is 336 g/mol. The molecule has 2 rings (SSSR count). The van der Waals surface area contributed by atoms with Crippen LogP contribution >= 0.6 is 0 Å². The number of carbonyl (C=O) groups is 2. The van der Waals surface area contributed by atoms with E-state index in [1.165, 1.54) is 36.4 Å². The van der Waals surface area contributed by atoms with Crippen molar-refractivity contribution in [3.63, 3.8) is 0 Å². The van der Waals surface area contributed by atoms with E-state index < -0.39 is 17.6 Å². The normalized spacial score (nSPS) is 11.0. The Morgan fingerprint density at radius 2 is 1.71 bits per heavy atom. The van der Waals surface area contributed by atoms with Crippen molar-refractivity contribution in [1.29, 1.82) is 0 Å². The van der Waals surface area contributed by atoms with E-state index in [4.69, 9.17) is 0 Å². The summed E-state index contributed by atoms with van der Waals surface area (Å²) in [5.74, 6) is -0.922. The standard InChI is InChI=1S/C17H15F3N2O2/c1-2-15(23)21-12-7-5-6-11(10-12)16(24)22-14-9-4-3-8-13(14)17(18,19)20/h3-10H,2H2,1H3,(H,21,23)(H,22,24). The second-order valence-corrected chi connectivity index (χ2v) is 4.98. The summed E-state index contributed by atoms with van der Waals surface area (Å²) in [6.07, 6.45) is -4.30. The summed E-state index contributed by atoms with van der Waals surface area (Å²) in [4.78, 5) is 23.6. The number of hydrogen-bond donors (Lipinski definition) is 2. The van der Waals surface area contributed by atoms with E-state index in [1.54, 1.807) is 13.0 Å². The van der Waals surface area contributed by atoms with Crippen LogP contribution in [0.2, 0.25) is 0 Å². The van der Waals surface area contributed by atoms with E-state index in [0.29, 0.717) is 5.69 Å². The lowest BCUT2D eigenvalue weighted by atomic mass is 10.1. The first kappa shape index (κ1) is 17.5. The predicted octanol–water partition coefficient (Wildman–Crippen LogP) is 4.31. The van der Waals surface area contributed by atoms with Crippen molar-refractivity contribution in [3.8, 4) is 0 Å². The fourth-order valence-electron chi connectivity index (χ4n) is 2.02. The van der Waals surface area contributed by atoms with Gasteiger partial charge in [-0.05, 0) is 30.3 Å². The SMILES string of the molecule is CCC(=O)Nc1cccc(C(=O)Nc2ccccc2C(F)(F)F)c1. The van der Waals surface area contributed by atoms with Crippen LogP contribution in [0.5, 0.6) is 0 Å². The van der Waals surface area contributed by atoms with E-state index in [9.17, 15) is 22.8 Å². The average molecular weight is 336 g/mol. The Hall–Kier alpha value is -2.83. The number of anilines is 2. The molecule has 0 spiro atoms. The molecule has 7 heteroatoms. The van der Waals surface area contributed by atoms with Crippen molar-refractivity contribution in [3.05, 3.63) is 59.7 Å². The Kier molecular flexibility index (Phi) is 5.23. The van der Waals surface area contributed by atoms with Gasteiger partial charge in [-0.1, -0.05) is 25.1 Å². The average Bonchev–Trinajstić information content (AvgIpc) is 2.54. The van der Waals surface area contributed by atoms with Gasteiger partial charge in [0.2, 0.25) is 5.91 Å². The van der Waals surface area contributed by atoms with Gasteiger partial charge in [-0.25, -0.2) is 0 Å². The molecule has 0 saturated heterocycles. The fourth-order valence-corrected chi connectivity index (χ4v) is 2.02. The zero-order chi connectivity index (χ0) is 17.7. The summed E-state index contributed by atoms with van der Waals surface area (Å²) >= 11 is 0. The number of nitrogens with one attached hydrogen (secondary N) is 2. The Morgan fingerprint density at radius 3 is 2.38 bits per heavy atom. The number of alkyl halides is 3. The number of hydrogen-bond acceptors (Lipinski definition) is 2. The van der Waals surface area contributed by atoms with Crippen LogP contribution in [-0.4, -0.2) is 11.8 Å². The van der Waals surface area contributed by atoms with Crippen LogP contribution in [0.15, 0.2) is 48.5 Å². The highest BCUT2D eigenvalue weighted by Crippen LogP contribution is 2.34. The predicted molar refractivity (Wildman–Crippen MR) is 84.8 cm³/mol. The van der Waals surface area contributed by atoms with Gasteiger partial charge in [0.1, 0.15) is 0 Å². The lowest BCUT2D eigenvalue weighted by Crippen LogP contribution is -2.17. The van der Waals surface area contributed by atoms with Crippen LogP contribution in [-0.2, 0) is 11.0 Å². The molecule has 126 valence electrons. The first-order chi connectivity index (χ1) is 11.3. The number of rotatable bonds is 4. The lowest BCUT2D eigenvalue weighted by molar-refractivity contribution is -0.136. The summed E-state index contributed by atoms with van der Waals surface area (Å²) in [7, 11) is 0. The molecule has 0 radical (unpaired) electrons. The third-order valence-electron chi connectivity index (χ3n) is 3.21. The van der Waals surface area contributed by atoms with E-state index in [0.717, 1.165) is 6.07 Å². The molecule has 0 aromatic heterocycles. The molecule has 0 atom stereocenters. The number of halogens is 3. The Bertz CT molecular complexity index is 757. The minimum absolute atomic E-state index is 0.140. The minimum Gasteiger partial charge on any atom is -0.326 e. The topological polar surface area (TPSA) is 58.2 Å². The molecule has 2 aromatic rings. The molecule has 0 bridgehead atoms. The first-order valence-electron chi connectivity index (χ1n) is 7.18. The molecular weight excluding hydrogens is 321 g/mol. The number of benzene rings is 2. The highest BCUT2D eigenvalue weighted by Gasteiger charge is 2.33. The molecule has 0 aliphatic carbocycles. The first-order valence-corrected chi connectivity index (χ1v) is 7.18. The van der Waals surface area contributed by atoms with Crippen LogP contribution < -0.4 is 10.6 Å². The molecule has 0 saturated carbocycles. The lowest BCUT2D eigenvalue weighted by Gasteiger charge is -2.14. The van der Waals surface area contributed by atoms with Crippen LogP contribution in [0.25, 0.3) is 0 Å². The summed E-state index contributed by atoms with van der Waals surface area (Å²) in [5, 5.41) is 4.84. The van der Waals surface area contributed by atoms with Crippen molar-refractivity contribution in [1.82, 2.24) is 0 Å². The van der Waals surface area contributed by atoms with Crippen molar-refractivity contribution < 1.29 is 22.8 Å². The summed E-state index contributed by atoms with van der Waals surface area (Å²) in [5.41, 5.74) is -0.703. The van der Waals surface area contributed by atoms with Crippen LogP contribution in [0.3, 0.4) is 0 Å². The maximum atomic E-state index is 12.9. The maximum Gasteiger partial charge on any atom is 0.418 e. The Balaban J connectivity index is 2.22. The number of amides is 2. The molecule has 24 heavy (non-hydrogen) atoms. The second-order valence-electron chi connectivity index (χ2n) is 4.98. The molecule has 0 fully saturated rings. The summed E-state index contributed by atoms with van der Waals surface area (Å²) in [6.45, 7) is 1.68. The van der Waals surface area contributed by atoms with E-state index >= 15 is 0 Å². The molecule has 2 N–H and O–H groups in total. The molecule has 0 heterocycles. The third kappa shape index (κ3) is 4.34. The van der Waals surface area contributed by atoms with E-state index in [2.05, 4.69) is 10.6 Å². The van der Waals surface area contributed by atoms with Gasteiger partial charge in [-0.2, -0.15) is 13.2 Å². The molecule has 2 aromatic carbocycles. The molecule has 0 aliphatic rings. The van der Waals surface area contributed by atoms with Crippen molar-refractivity contribution in [2.75, 3.05) is 10.6 Å². The highest BCUT2D eigenvalue weighted by atomic mass is 19.4. The highest BCUT2D eigenvalue weighted by molar-refractivity contribution is 6.05. The quantitative estimate of drug-likeness (QED) is 0.874. The zero-order valence-corrected chi connectivity index (χ0v) is 12.8. The van der Waals surface area contributed by atoms with Gasteiger partial charge in [0.25, 0.3) is 5.91 Å². The number of carbonyl (C=O) groups excluding carboxylic acids is 2. The summed E-state index contributed by atoms with van der Waals surface area (Å²) in [6, 6.07) is 10.7. The molecule has 2 amide bonds. The van der Waals surface area contributed by atoms with Gasteiger partial charge in [-0.15, -0.1) is 0 Å². The maximum absolute atomic E-state index is 12.9. The minimum atomic E-state index is -4.57. The van der Waals surface area contributed by atoms with Gasteiger partial charge in [0, 0.05) is 17.7 Å². The largest absolute Gasteiger partial charge is 0.418 e. The number of para-hydroxylation sites is 1. The fraction of sp³-hybridized carbons (Fsp3) is 0.176. The van der Waals surface area contributed by atoms with Crippen molar-refractivity contribution in [2.24, 2.45) is 0 Å². The van der Waals surface area contributed by atoms with Crippen molar-refractivity contribution >= 4 is 23.2 Å². The van der Waals surface area contributed by atoms with E-state index in [-0.39, 0.29) is 23.6 Å². The van der Waals surface area contributed by atoms with Gasteiger partial charge in [-0.3, -0.25) is 9.59 Å². The molecule has 0 aliphatic heterocycles. The van der Waals surface area contributed by atoms with Crippen molar-refractivity contribution in [2.45, 2.75) is 19.5 Å². The van der Waals surface area contributed by atoms with Gasteiger partial charge in [0.15, 0.2) is 0 Å². The smallest absolute Gasteiger partial charge is 0.326 e. The molecule has 4 nitrogen and oxygen atoms in total. The molecule has 0 unspecified atom stereocenters. The van der Waals surface area contributed by atoms with Gasteiger partial charge >= 0.3 is 6.18 Å². The Labute approximate surface area is 136 Å². The summed E-state index contributed by atoms with van der Waals surface area (Å²) < 4.78 is 38.8. The Morgan fingerprint density at radius 1 is 1.00 bits per heavy atom. The molecular formula is C17H15F3N2O2. The van der Waals surface area contributed by atoms with E-state index in [1.807, 2.05) is 0 Å². The van der Waals surface area contributed by atoms with Crippen LogP contribution in [0.1, 0.15) is 29.3 Å². The van der Waals surface area contributed by atoms with Crippen LogP contribution in [0.4, 0.5) is 24.5 Å². The third-order valence-corrected chi connectivity index (χ3v) is 3.21. The van der Waals surface area contributed by atoms with Gasteiger partial charge < -0.3 is 10.6 Å².